The zero-order valence-electron chi connectivity index (χ0n) is 13.0. The van der Waals surface area contributed by atoms with Gasteiger partial charge < -0.3 is 20.1 Å². The van der Waals surface area contributed by atoms with E-state index in [9.17, 15) is 5.26 Å². The van der Waals surface area contributed by atoms with Gasteiger partial charge in [-0.15, -0.1) is 5.10 Å². The maximum Gasteiger partial charge on any atom is 0.244 e. The molecule has 3 rings (SSSR count). The molecule has 3 heterocycles. The third-order valence-corrected chi connectivity index (χ3v) is 4.73. The van der Waals surface area contributed by atoms with E-state index in [0.29, 0.717) is 24.5 Å². The molecular weight excluding hydrogens is 282 g/mol. The van der Waals surface area contributed by atoms with Crippen LogP contribution in [0.5, 0.6) is 5.88 Å². The highest BCUT2D eigenvalue weighted by Gasteiger charge is 2.48. The number of H-pyrrole nitrogens is 1. The fourth-order valence-corrected chi connectivity index (χ4v) is 3.49. The van der Waals surface area contributed by atoms with E-state index < -0.39 is 5.41 Å². The molecule has 2 aliphatic rings. The van der Waals surface area contributed by atoms with Gasteiger partial charge in [-0.25, -0.2) is 0 Å². The van der Waals surface area contributed by atoms with Gasteiger partial charge in [0.1, 0.15) is 11.6 Å². The van der Waals surface area contributed by atoms with Gasteiger partial charge in [-0.05, 0) is 33.0 Å². The largest absolute Gasteiger partial charge is 0.420 e. The van der Waals surface area contributed by atoms with Crippen LogP contribution in [-0.4, -0.2) is 49.0 Å². The average Bonchev–Trinajstić information content (AvgIpc) is 2.91. The molecule has 1 aromatic heterocycles. The van der Waals surface area contributed by atoms with Gasteiger partial charge in [-0.1, -0.05) is 0 Å². The van der Waals surface area contributed by atoms with E-state index in [2.05, 4.69) is 28.2 Å². The lowest BCUT2D eigenvalue weighted by molar-refractivity contribution is 0.191. The Morgan fingerprint density at radius 1 is 1.50 bits per heavy atom. The molecule has 22 heavy (non-hydrogen) atoms. The highest BCUT2D eigenvalue weighted by atomic mass is 16.5. The normalized spacial score (nSPS) is 20.6. The van der Waals surface area contributed by atoms with Crippen LogP contribution in [0.25, 0.3) is 0 Å². The number of rotatable bonds is 3. The molecule has 1 spiro atoms. The molecule has 2 aliphatic heterocycles. The SMILES string of the molecule is COCCc1[nH]nc2c1C1(CCN(C)CC1)C(C#N)=C(N)O2. The lowest BCUT2D eigenvalue weighted by Gasteiger charge is -2.42. The number of nitriles is 1. The molecule has 0 atom stereocenters. The van der Waals surface area contributed by atoms with E-state index >= 15 is 0 Å². The molecule has 1 saturated heterocycles. The molecule has 0 aliphatic carbocycles. The van der Waals surface area contributed by atoms with Crippen LogP contribution in [0.4, 0.5) is 0 Å². The molecule has 3 N–H and O–H groups in total. The van der Waals surface area contributed by atoms with Gasteiger partial charge in [0, 0.05) is 30.2 Å². The highest BCUT2D eigenvalue weighted by molar-refractivity contribution is 5.54. The van der Waals surface area contributed by atoms with Crippen LogP contribution in [0, 0.1) is 11.3 Å². The standard InChI is InChI=1S/C15H21N5O2/c1-20-6-4-15(5-7-20)10(9-16)13(17)22-14-12(15)11(18-19-14)3-8-21-2/h3-8,17H2,1-2H3,(H,18,19). The number of methoxy groups -OCH3 is 1. The number of hydrogen-bond donors (Lipinski definition) is 2. The first-order chi connectivity index (χ1) is 10.6. The number of piperidine rings is 1. The molecule has 1 fully saturated rings. The first kappa shape index (κ1) is 14.9. The summed E-state index contributed by atoms with van der Waals surface area (Å²) in [6.07, 6.45) is 2.38. The van der Waals surface area contributed by atoms with Gasteiger partial charge in [0.2, 0.25) is 11.8 Å². The molecule has 118 valence electrons. The van der Waals surface area contributed by atoms with Crippen LogP contribution in [0.3, 0.4) is 0 Å². The van der Waals surface area contributed by atoms with Crippen molar-refractivity contribution in [1.29, 1.82) is 5.26 Å². The van der Waals surface area contributed by atoms with E-state index in [0.717, 1.165) is 37.2 Å². The number of likely N-dealkylation sites (tertiary alicyclic amines) is 1. The molecule has 0 bridgehead atoms. The molecule has 0 amide bonds. The first-order valence-electron chi connectivity index (χ1n) is 7.45. The Hall–Kier alpha value is -2.04. The van der Waals surface area contributed by atoms with Crippen LogP contribution in [0.2, 0.25) is 0 Å². The zero-order valence-corrected chi connectivity index (χ0v) is 13.0. The molecular formula is C15H21N5O2. The van der Waals surface area contributed by atoms with Gasteiger partial charge in [0.25, 0.3) is 0 Å². The highest BCUT2D eigenvalue weighted by Crippen LogP contribution is 2.49. The lowest BCUT2D eigenvalue weighted by Crippen LogP contribution is -2.45. The molecule has 7 heteroatoms. The number of fused-ring (bicyclic) bond motifs is 2. The summed E-state index contributed by atoms with van der Waals surface area (Å²) in [4.78, 5) is 2.26. The number of ether oxygens (including phenoxy) is 2. The van der Waals surface area contributed by atoms with Gasteiger partial charge in [0.05, 0.1) is 6.61 Å². The number of allylic oxidation sites excluding steroid dienone is 1. The lowest BCUT2D eigenvalue weighted by atomic mass is 9.67. The van der Waals surface area contributed by atoms with Gasteiger partial charge in [-0.3, -0.25) is 5.10 Å². The van der Waals surface area contributed by atoms with Crippen LogP contribution in [0.15, 0.2) is 11.5 Å². The summed E-state index contributed by atoms with van der Waals surface area (Å²) < 4.78 is 10.8. The predicted molar refractivity (Wildman–Crippen MR) is 80.0 cm³/mol. The third-order valence-electron chi connectivity index (χ3n) is 4.73. The summed E-state index contributed by atoms with van der Waals surface area (Å²) in [5, 5.41) is 16.9. The van der Waals surface area contributed by atoms with E-state index in [1.807, 2.05) is 0 Å². The Balaban J connectivity index is 2.09. The average molecular weight is 303 g/mol. The van der Waals surface area contributed by atoms with Gasteiger partial charge in [0.15, 0.2) is 0 Å². The summed E-state index contributed by atoms with van der Waals surface area (Å²) in [5.41, 5.74) is 8.10. The number of nitrogens with one attached hydrogen (secondary N) is 1. The van der Waals surface area contributed by atoms with Crippen molar-refractivity contribution in [2.24, 2.45) is 5.73 Å². The Morgan fingerprint density at radius 2 is 2.23 bits per heavy atom. The van der Waals surface area contributed by atoms with E-state index in [1.54, 1.807) is 7.11 Å². The van der Waals surface area contributed by atoms with Crippen molar-refractivity contribution in [3.8, 4) is 11.9 Å². The van der Waals surface area contributed by atoms with E-state index in [1.165, 1.54) is 0 Å². The quantitative estimate of drug-likeness (QED) is 0.850. The van der Waals surface area contributed by atoms with Crippen LogP contribution in [-0.2, 0) is 16.6 Å². The maximum absolute atomic E-state index is 9.64. The number of aromatic amines is 1. The second-order valence-corrected chi connectivity index (χ2v) is 5.96. The first-order valence-corrected chi connectivity index (χ1v) is 7.45. The second kappa shape index (κ2) is 5.63. The second-order valence-electron chi connectivity index (χ2n) is 5.96. The number of nitrogens with zero attached hydrogens (tertiary/aromatic N) is 3. The van der Waals surface area contributed by atoms with Crippen LogP contribution < -0.4 is 10.5 Å². The third kappa shape index (κ3) is 2.16. The van der Waals surface area contributed by atoms with Crippen LogP contribution >= 0.6 is 0 Å². The fraction of sp³-hybridized carbons (Fsp3) is 0.600. The summed E-state index contributed by atoms with van der Waals surface area (Å²) in [7, 11) is 3.76. The Kier molecular flexibility index (Phi) is 3.81. The predicted octanol–water partition coefficient (Wildman–Crippen LogP) is 0.648. The minimum atomic E-state index is -0.394. The van der Waals surface area contributed by atoms with Crippen molar-refractivity contribution in [1.82, 2.24) is 15.1 Å². The molecule has 0 saturated carbocycles. The zero-order chi connectivity index (χ0) is 15.7. The van der Waals surface area contributed by atoms with Gasteiger partial charge in [-0.2, -0.15) is 5.26 Å². The molecule has 7 nitrogen and oxygen atoms in total. The van der Waals surface area contributed by atoms with Crippen molar-refractivity contribution >= 4 is 0 Å². The number of aromatic nitrogens is 2. The summed E-state index contributed by atoms with van der Waals surface area (Å²) in [6.45, 7) is 2.41. The van der Waals surface area contributed by atoms with Crippen molar-refractivity contribution in [2.45, 2.75) is 24.7 Å². The summed E-state index contributed by atoms with van der Waals surface area (Å²) >= 11 is 0. The molecule has 0 radical (unpaired) electrons. The van der Waals surface area contributed by atoms with Gasteiger partial charge >= 0.3 is 0 Å². The molecule has 0 aromatic carbocycles. The van der Waals surface area contributed by atoms with E-state index in [-0.39, 0.29) is 5.88 Å². The monoisotopic (exact) mass is 303 g/mol. The smallest absolute Gasteiger partial charge is 0.244 e. The summed E-state index contributed by atoms with van der Waals surface area (Å²) in [6, 6.07) is 2.28. The molecule has 0 unspecified atom stereocenters. The maximum atomic E-state index is 9.64. The van der Waals surface area contributed by atoms with Crippen molar-refractivity contribution in [3.63, 3.8) is 0 Å². The van der Waals surface area contributed by atoms with Crippen molar-refractivity contribution < 1.29 is 9.47 Å². The minimum Gasteiger partial charge on any atom is -0.420 e. The Morgan fingerprint density at radius 3 is 2.86 bits per heavy atom. The van der Waals surface area contributed by atoms with Crippen molar-refractivity contribution in [3.05, 3.63) is 22.7 Å². The summed E-state index contributed by atoms with van der Waals surface area (Å²) in [5.74, 6) is 0.691. The van der Waals surface area contributed by atoms with Crippen LogP contribution in [0.1, 0.15) is 24.1 Å². The fourth-order valence-electron chi connectivity index (χ4n) is 3.49. The number of hydrogen-bond acceptors (Lipinski definition) is 6. The van der Waals surface area contributed by atoms with Crippen molar-refractivity contribution in [2.75, 3.05) is 33.9 Å². The Labute approximate surface area is 129 Å². The topological polar surface area (TPSA) is 100 Å². The Bertz CT molecular complexity index is 635. The number of nitrogens with two attached hydrogens (primary N) is 1. The molecule has 1 aromatic rings. The van der Waals surface area contributed by atoms with E-state index in [4.69, 9.17) is 15.2 Å². The minimum absolute atomic E-state index is 0.185.